The van der Waals surface area contributed by atoms with Gasteiger partial charge in [-0.3, -0.25) is 14.9 Å². The molecule has 1 unspecified atom stereocenters. The molecule has 6 aromatic rings. The highest BCUT2D eigenvalue weighted by Gasteiger charge is 2.23. The van der Waals surface area contributed by atoms with Gasteiger partial charge in [0.1, 0.15) is 24.0 Å². The minimum absolute atomic E-state index is 0.131. The molecule has 0 fully saturated rings. The number of anilines is 1. The summed E-state index contributed by atoms with van der Waals surface area (Å²) < 4.78 is 26.7. The van der Waals surface area contributed by atoms with Crippen LogP contribution in [-0.4, -0.2) is 49.3 Å². The van der Waals surface area contributed by atoms with E-state index in [9.17, 15) is 9.18 Å². The molecule has 0 bridgehead atoms. The van der Waals surface area contributed by atoms with Gasteiger partial charge in [-0.2, -0.15) is 5.10 Å². The van der Waals surface area contributed by atoms with Crippen LogP contribution in [0.3, 0.4) is 0 Å². The molecule has 1 atom stereocenters. The van der Waals surface area contributed by atoms with Gasteiger partial charge in [-0.25, -0.2) is 14.4 Å². The summed E-state index contributed by atoms with van der Waals surface area (Å²) >= 11 is 0. The Morgan fingerprint density at radius 3 is 2.84 bits per heavy atom. The van der Waals surface area contributed by atoms with Gasteiger partial charge in [-0.05, 0) is 42.8 Å². The van der Waals surface area contributed by atoms with Crippen molar-refractivity contribution >= 4 is 33.8 Å². The first-order chi connectivity index (χ1) is 20.9. The van der Waals surface area contributed by atoms with Crippen molar-refractivity contribution in [2.24, 2.45) is 0 Å². The van der Waals surface area contributed by atoms with Crippen LogP contribution in [0.2, 0.25) is 0 Å². The van der Waals surface area contributed by atoms with Crippen molar-refractivity contribution < 1.29 is 18.7 Å². The molecule has 0 saturated heterocycles. The molecule has 0 saturated carbocycles. The van der Waals surface area contributed by atoms with Gasteiger partial charge >= 0.3 is 0 Å². The molecule has 0 radical (unpaired) electrons. The minimum atomic E-state index is -0.514. The number of nitrogens with two attached hydrogens (primary N) is 1. The summed E-state index contributed by atoms with van der Waals surface area (Å²) in [5.74, 6) is 0.536. The number of hydrogen-bond donors (Lipinski definition) is 3. The van der Waals surface area contributed by atoms with E-state index in [-0.39, 0.29) is 18.2 Å². The number of halogens is 1. The second-order valence-electron chi connectivity index (χ2n) is 10.4. The summed E-state index contributed by atoms with van der Waals surface area (Å²) in [5, 5.41) is 10.8. The molecule has 11 nitrogen and oxygen atoms in total. The fraction of sp³-hybridized carbons (Fsp3) is 0.194. The average molecular weight is 579 g/mol. The van der Waals surface area contributed by atoms with Crippen molar-refractivity contribution in [3.63, 3.8) is 0 Å². The molecule has 7 rings (SSSR count). The molecule has 5 heterocycles. The molecule has 12 heteroatoms. The number of aromatic nitrogens is 6. The number of ether oxygens (including phenoxy) is 2. The van der Waals surface area contributed by atoms with Crippen LogP contribution in [0.4, 0.5) is 10.2 Å². The number of methoxy groups -OCH3 is 1. The summed E-state index contributed by atoms with van der Waals surface area (Å²) in [4.78, 5) is 27.0. The fourth-order valence-corrected chi connectivity index (χ4v) is 5.54. The van der Waals surface area contributed by atoms with Crippen molar-refractivity contribution in [2.75, 3.05) is 19.5 Å². The Morgan fingerprint density at radius 2 is 2.02 bits per heavy atom. The van der Waals surface area contributed by atoms with E-state index in [1.165, 1.54) is 19.2 Å². The lowest BCUT2D eigenvalue weighted by molar-refractivity contribution is 0.0621. The molecule has 43 heavy (non-hydrogen) atoms. The topological polar surface area (TPSA) is 146 Å². The first-order valence-corrected chi connectivity index (χ1v) is 13.7. The van der Waals surface area contributed by atoms with Crippen molar-refractivity contribution in [3.05, 3.63) is 83.6 Å². The van der Waals surface area contributed by atoms with Crippen LogP contribution in [0.1, 0.15) is 34.7 Å². The second-order valence-corrected chi connectivity index (χ2v) is 10.4. The summed E-state index contributed by atoms with van der Waals surface area (Å²) in [5.41, 5.74) is 12.6. The van der Waals surface area contributed by atoms with Crippen LogP contribution in [0.5, 0.6) is 5.75 Å². The van der Waals surface area contributed by atoms with Crippen LogP contribution in [-0.2, 0) is 17.9 Å². The molecule has 0 spiro atoms. The highest BCUT2D eigenvalue weighted by Crippen LogP contribution is 2.36. The van der Waals surface area contributed by atoms with Gasteiger partial charge in [0.25, 0.3) is 5.91 Å². The van der Waals surface area contributed by atoms with Gasteiger partial charge in [-0.15, -0.1) is 0 Å². The summed E-state index contributed by atoms with van der Waals surface area (Å²) in [6, 6.07) is 15.6. The van der Waals surface area contributed by atoms with E-state index in [1.54, 1.807) is 6.20 Å². The maximum Gasteiger partial charge on any atom is 0.255 e. The van der Waals surface area contributed by atoms with Gasteiger partial charge in [0.15, 0.2) is 11.5 Å². The molecule has 1 amide bonds. The highest BCUT2D eigenvalue weighted by atomic mass is 19.1. The van der Waals surface area contributed by atoms with Crippen LogP contribution in [0, 0.1) is 5.82 Å². The Kier molecular flexibility index (Phi) is 6.47. The predicted molar refractivity (Wildman–Crippen MR) is 159 cm³/mol. The van der Waals surface area contributed by atoms with Crippen molar-refractivity contribution in [3.8, 4) is 28.3 Å². The lowest BCUT2D eigenvalue weighted by atomic mass is 10.0. The van der Waals surface area contributed by atoms with E-state index >= 15 is 0 Å². The van der Waals surface area contributed by atoms with E-state index in [4.69, 9.17) is 30.2 Å². The Balaban J connectivity index is 1.16. The van der Waals surface area contributed by atoms with Crippen molar-refractivity contribution in [1.82, 2.24) is 35.0 Å². The number of carbonyl (C=O) groups excluding carboxylic acids is 1. The normalized spacial score (nSPS) is 14.6. The number of pyridine rings is 2. The van der Waals surface area contributed by atoms with E-state index in [2.05, 4.69) is 27.0 Å². The quantitative estimate of drug-likeness (QED) is 0.256. The third kappa shape index (κ3) is 4.61. The standard InChI is InChI=1S/C31H27FN8O3/c1-16-14-43-15-25-37-30-23(40(16)25)9-8-22(36-30)21-13-34-27(26-28(21)38-39-29(26)33)18-5-3-17(4-6-18)12-35-31(41)20-11-19(32)7-10-24(20)42-2/h3-11,13,16H,12,14-15H2,1-2H3,(H,35,41)(H3,33,38,39). The Labute approximate surface area is 244 Å². The van der Waals surface area contributed by atoms with Crippen LogP contribution < -0.4 is 15.8 Å². The Morgan fingerprint density at radius 1 is 1.19 bits per heavy atom. The number of H-pyrrole nitrogens is 1. The molecule has 216 valence electrons. The smallest absolute Gasteiger partial charge is 0.255 e. The van der Waals surface area contributed by atoms with Crippen molar-refractivity contribution in [2.45, 2.75) is 26.1 Å². The zero-order valence-corrected chi connectivity index (χ0v) is 23.4. The number of aromatic amines is 1. The van der Waals surface area contributed by atoms with E-state index in [1.807, 2.05) is 36.4 Å². The van der Waals surface area contributed by atoms with Gasteiger partial charge in [0.05, 0.1) is 53.1 Å². The fourth-order valence-electron chi connectivity index (χ4n) is 5.54. The molecule has 2 aromatic carbocycles. The van der Waals surface area contributed by atoms with Gasteiger partial charge in [0.2, 0.25) is 0 Å². The average Bonchev–Trinajstić information content (AvgIpc) is 3.60. The third-order valence-corrected chi connectivity index (χ3v) is 7.64. The molecule has 4 aromatic heterocycles. The van der Waals surface area contributed by atoms with Gasteiger partial charge in [0, 0.05) is 23.9 Å². The molecule has 0 aliphatic carbocycles. The third-order valence-electron chi connectivity index (χ3n) is 7.64. The summed E-state index contributed by atoms with van der Waals surface area (Å²) in [7, 11) is 1.43. The number of nitrogen functional groups attached to an aromatic ring is 1. The zero-order valence-electron chi connectivity index (χ0n) is 23.4. The Hall–Kier alpha value is -5.36. The van der Waals surface area contributed by atoms with Gasteiger partial charge in [-0.1, -0.05) is 24.3 Å². The van der Waals surface area contributed by atoms with E-state index < -0.39 is 11.7 Å². The van der Waals surface area contributed by atoms with Gasteiger partial charge < -0.3 is 25.1 Å². The number of fused-ring (bicyclic) bond motifs is 4. The maximum absolute atomic E-state index is 13.7. The molecule has 4 N–H and O–H groups in total. The van der Waals surface area contributed by atoms with Crippen LogP contribution in [0.25, 0.3) is 44.6 Å². The lowest BCUT2D eigenvalue weighted by Gasteiger charge is -2.22. The number of nitrogens with one attached hydrogen (secondary N) is 2. The first kappa shape index (κ1) is 26.5. The largest absolute Gasteiger partial charge is 0.496 e. The minimum Gasteiger partial charge on any atom is -0.496 e. The van der Waals surface area contributed by atoms with E-state index in [0.29, 0.717) is 47.2 Å². The summed E-state index contributed by atoms with van der Waals surface area (Å²) in [6.45, 7) is 3.44. The zero-order chi connectivity index (χ0) is 29.7. The molecular weight excluding hydrogens is 551 g/mol. The van der Waals surface area contributed by atoms with Crippen molar-refractivity contribution in [1.29, 1.82) is 0 Å². The maximum atomic E-state index is 13.7. The number of carbonyl (C=O) groups is 1. The molecule has 1 aliphatic rings. The number of rotatable bonds is 6. The van der Waals surface area contributed by atoms with Crippen LogP contribution >= 0.6 is 0 Å². The SMILES string of the molecule is COc1ccc(F)cc1C(=O)NCc1ccc(-c2ncc(-c3ccc4c(n3)nc3n4C(C)COC3)c3[nH]nc(N)c23)cc1. The second kappa shape index (κ2) is 10.5. The molecular formula is C31H27FN8O3. The summed E-state index contributed by atoms with van der Waals surface area (Å²) in [6.07, 6.45) is 1.76. The lowest BCUT2D eigenvalue weighted by Crippen LogP contribution is -2.23. The number of amides is 1. The number of hydrogen-bond acceptors (Lipinski definition) is 8. The number of imidazole rings is 1. The monoisotopic (exact) mass is 578 g/mol. The Bertz CT molecular complexity index is 2020. The molecule has 1 aliphatic heterocycles. The van der Waals surface area contributed by atoms with Crippen LogP contribution in [0.15, 0.2) is 60.8 Å². The predicted octanol–water partition coefficient (Wildman–Crippen LogP) is 4.79. The van der Waals surface area contributed by atoms with E-state index in [0.717, 1.165) is 39.6 Å². The number of benzene rings is 2. The highest BCUT2D eigenvalue weighted by molar-refractivity contribution is 6.06. The number of nitrogens with zero attached hydrogens (tertiary/aromatic N) is 5. The first-order valence-electron chi connectivity index (χ1n) is 13.7.